The van der Waals surface area contributed by atoms with Gasteiger partial charge in [0.25, 0.3) is 0 Å². The van der Waals surface area contributed by atoms with Gasteiger partial charge in [-0.2, -0.15) is 0 Å². The molecule has 1 heterocycles. The molecule has 0 aromatic carbocycles. The third-order valence-corrected chi connectivity index (χ3v) is 4.86. The molecule has 3 atom stereocenters. The zero-order valence-corrected chi connectivity index (χ0v) is 11.7. The highest BCUT2D eigenvalue weighted by atomic mass is 15.2. The van der Waals surface area contributed by atoms with Gasteiger partial charge in [-0.25, -0.2) is 10.8 Å². The van der Waals surface area contributed by atoms with Gasteiger partial charge >= 0.3 is 0 Å². The molecular formula is C15H24N4. The van der Waals surface area contributed by atoms with E-state index in [1.165, 1.54) is 37.8 Å². The maximum absolute atomic E-state index is 5.40. The first-order valence-corrected chi connectivity index (χ1v) is 7.34. The summed E-state index contributed by atoms with van der Waals surface area (Å²) in [5.41, 5.74) is 3.88. The van der Waals surface area contributed by atoms with Crippen LogP contribution >= 0.6 is 0 Å². The Labute approximate surface area is 115 Å². The Balaban J connectivity index is 1.54. The van der Waals surface area contributed by atoms with Crippen molar-refractivity contribution >= 4 is 5.82 Å². The van der Waals surface area contributed by atoms with Crippen LogP contribution in [-0.2, 0) is 6.54 Å². The summed E-state index contributed by atoms with van der Waals surface area (Å²) in [6, 6.07) is 4.09. The number of rotatable bonds is 5. The molecule has 0 spiro atoms. The number of nitrogens with zero attached hydrogens (tertiary/aromatic N) is 2. The first kappa shape index (κ1) is 12.9. The fourth-order valence-corrected chi connectivity index (χ4v) is 4.03. The molecule has 2 aliphatic carbocycles. The van der Waals surface area contributed by atoms with Crippen molar-refractivity contribution in [2.24, 2.45) is 23.6 Å². The van der Waals surface area contributed by atoms with E-state index in [-0.39, 0.29) is 0 Å². The molecule has 4 nitrogen and oxygen atoms in total. The molecule has 3 unspecified atom stereocenters. The van der Waals surface area contributed by atoms with Gasteiger partial charge in [-0.3, -0.25) is 0 Å². The van der Waals surface area contributed by atoms with Crippen molar-refractivity contribution < 1.29 is 0 Å². The number of nitrogens with two attached hydrogens (primary N) is 1. The predicted octanol–water partition coefficient (Wildman–Crippen LogP) is 2.24. The number of nitrogen functional groups attached to an aromatic ring is 1. The summed E-state index contributed by atoms with van der Waals surface area (Å²) in [7, 11) is 2.22. The van der Waals surface area contributed by atoms with E-state index in [1.54, 1.807) is 0 Å². The van der Waals surface area contributed by atoms with Crippen LogP contribution in [0, 0.1) is 17.8 Å². The molecule has 2 aliphatic rings. The van der Waals surface area contributed by atoms with E-state index in [1.807, 2.05) is 12.3 Å². The number of fused-ring (bicyclic) bond motifs is 2. The molecule has 2 saturated carbocycles. The largest absolute Gasteiger partial charge is 0.308 e. The van der Waals surface area contributed by atoms with Crippen molar-refractivity contribution in [1.29, 1.82) is 0 Å². The topological polar surface area (TPSA) is 54.2 Å². The van der Waals surface area contributed by atoms with Gasteiger partial charge in [0.2, 0.25) is 0 Å². The van der Waals surface area contributed by atoms with Crippen LogP contribution in [0.3, 0.4) is 0 Å². The summed E-state index contributed by atoms with van der Waals surface area (Å²) < 4.78 is 0. The van der Waals surface area contributed by atoms with E-state index in [0.29, 0.717) is 0 Å². The van der Waals surface area contributed by atoms with Crippen LogP contribution in [0.1, 0.15) is 31.2 Å². The second kappa shape index (κ2) is 5.47. The third kappa shape index (κ3) is 2.90. The molecule has 1 aromatic heterocycles. The minimum Gasteiger partial charge on any atom is -0.308 e. The lowest BCUT2D eigenvalue weighted by Gasteiger charge is -2.27. The van der Waals surface area contributed by atoms with Crippen LogP contribution in [0.25, 0.3) is 0 Å². The Bertz CT molecular complexity index is 434. The average molecular weight is 260 g/mol. The van der Waals surface area contributed by atoms with Crippen LogP contribution in [0.2, 0.25) is 0 Å². The number of pyridine rings is 1. The molecule has 104 valence electrons. The lowest BCUT2D eigenvalue weighted by Crippen LogP contribution is -2.28. The van der Waals surface area contributed by atoms with E-state index in [9.17, 15) is 0 Å². The molecule has 2 fully saturated rings. The molecule has 0 aliphatic heterocycles. The Morgan fingerprint density at radius 3 is 3.00 bits per heavy atom. The van der Waals surface area contributed by atoms with E-state index < -0.39 is 0 Å². The first-order valence-electron chi connectivity index (χ1n) is 7.34. The number of hydrogen-bond donors (Lipinski definition) is 2. The van der Waals surface area contributed by atoms with Crippen molar-refractivity contribution in [2.75, 3.05) is 19.0 Å². The van der Waals surface area contributed by atoms with Crippen LogP contribution in [-0.4, -0.2) is 23.5 Å². The fourth-order valence-electron chi connectivity index (χ4n) is 4.03. The molecule has 1 aromatic rings. The summed E-state index contributed by atoms with van der Waals surface area (Å²) in [5.74, 6) is 9.11. The van der Waals surface area contributed by atoms with E-state index in [4.69, 9.17) is 5.84 Å². The summed E-state index contributed by atoms with van der Waals surface area (Å²) in [6.07, 6.45) is 7.73. The summed E-state index contributed by atoms with van der Waals surface area (Å²) >= 11 is 0. The quantitative estimate of drug-likeness (QED) is 0.630. The van der Waals surface area contributed by atoms with Crippen LogP contribution in [0.15, 0.2) is 18.3 Å². The normalized spacial score (nSPS) is 29.1. The number of nitrogens with one attached hydrogen (secondary N) is 1. The van der Waals surface area contributed by atoms with Crippen molar-refractivity contribution in [3.05, 3.63) is 23.9 Å². The monoisotopic (exact) mass is 260 g/mol. The van der Waals surface area contributed by atoms with Crippen molar-refractivity contribution in [1.82, 2.24) is 9.88 Å². The molecule has 0 radical (unpaired) electrons. The molecular weight excluding hydrogens is 236 g/mol. The van der Waals surface area contributed by atoms with Crippen molar-refractivity contribution in [2.45, 2.75) is 32.2 Å². The molecule has 3 rings (SSSR count). The first-order chi connectivity index (χ1) is 9.24. The molecule has 2 bridgehead atoms. The second-order valence-electron chi connectivity index (χ2n) is 6.33. The maximum Gasteiger partial charge on any atom is 0.140 e. The van der Waals surface area contributed by atoms with Crippen LogP contribution in [0.4, 0.5) is 5.82 Å². The van der Waals surface area contributed by atoms with Crippen LogP contribution < -0.4 is 11.3 Å². The Hall–Kier alpha value is -1.13. The van der Waals surface area contributed by atoms with Gasteiger partial charge in [0.05, 0.1) is 0 Å². The zero-order chi connectivity index (χ0) is 13.2. The van der Waals surface area contributed by atoms with Gasteiger partial charge in [-0.15, -0.1) is 0 Å². The Kier molecular flexibility index (Phi) is 3.71. The molecule has 4 heteroatoms. The third-order valence-electron chi connectivity index (χ3n) is 4.86. The lowest BCUT2D eigenvalue weighted by molar-refractivity contribution is 0.214. The standard InChI is InChI=1S/C15H24N4/c1-19(9-12-4-5-17-15(8-12)18-16)10-14-7-11-2-3-13(14)6-11/h4-5,8,11,13-14H,2-3,6-7,9-10,16H2,1H3,(H,17,18). The van der Waals surface area contributed by atoms with Gasteiger partial charge < -0.3 is 10.3 Å². The number of anilines is 1. The molecule has 19 heavy (non-hydrogen) atoms. The van der Waals surface area contributed by atoms with Crippen molar-refractivity contribution in [3.63, 3.8) is 0 Å². The maximum atomic E-state index is 5.40. The SMILES string of the molecule is CN(Cc1ccnc(NN)c1)CC1CC2CCC1C2. The van der Waals surface area contributed by atoms with Gasteiger partial charge in [0.15, 0.2) is 0 Å². The zero-order valence-electron chi connectivity index (χ0n) is 11.7. The highest BCUT2D eigenvalue weighted by Gasteiger charge is 2.39. The number of hydrogen-bond acceptors (Lipinski definition) is 4. The minimum atomic E-state index is 0.742. The Morgan fingerprint density at radius 1 is 1.42 bits per heavy atom. The Morgan fingerprint density at radius 2 is 2.32 bits per heavy atom. The highest BCUT2D eigenvalue weighted by Crippen LogP contribution is 2.48. The lowest BCUT2D eigenvalue weighted by atomic mass is 9.88. The fraction of sp³-hybridized carbons (Fsp3) is 0.667. The van der Waals surface area contributed by atoms with E-state index in [0.717, 1.165) is 30.1 Å². The minimum absolute atomic E-state index is 0.742. The number of hydrazine groups is 1. The van der Waals surface area contributed by atoms with Gasteiger partial charge in [-0.05, 0) is 61.8 Å². The summed E-state index contributed by atoms with van der Waals surface area (Å²) in [4.78, 5) is 6.59. The van der Waals surface area contributed by atoms with E-state index in [2.05, 4.69) is 28.4 Å². The smallest absolute Gasteiger partial charge is 0.140 e. The predicted molar refractivity (Wildman–Crippen MR) is 77.3 cm³/mol. The number of aromatic nitrogens is 1. The summed E-state index contributed by atoms with van der Waals surface area (Å²) in [5, 5.41) is 0. The van der Waals surface area contributed by atoms with Gasteiger partial charge in [0, 0.05) is 19.3 Å². The van der Waals surface area contributed by atoms with Gasteiger partial charge in [-0.1, -0.05) is 6.42 Å². The molecule has 0 saturated heterocycles. The molecule has 3 N–H and O–H groups in total. The summed E-state index contributed by atoms with van der Waals surface area (Å²) in [6.45, 7) is 2.21. The molecule has 0 amide bonds. The average Bonchev–Trinajstić information content (AvgIpc) is 3.01. The highest BCUT2D eigenvalue weighted by molar-refractivity contribution is 5.35. The van der Waals surface area contributed by atoms with Crippen LogP contribution in [0.5, 0.6) is 0 Å². The second-order valence-corrected chi connectivity index (χ2v) is 6.33. The van der Waals surface area contributed by atoms with Gasteiger partial charge in [0.1, 0.15) is 5.82 Å². The van der Waals surface area contributed by atoms with Crippen molar-refractivity contribution in [3.8, 4) is 0 Å². The van der Waals surface area contributed by atoms with E-state index >= 15 is 0 Å².